The molecule has 0 aliphatic carbocycles. The Morgan fingerprint density at radius 3 is 2.85 bits per heavy atom. The second kappa shape index (κ2) is 9.51. The number of methoxy groups -OCH3 is 1. The minimum atomic E-state index is 0.579. The van der Waals surface area contributed by atoms with Crippen molar-refractivity contribution in [2.45, 2.75) is 13.0 Å². The van der Waals surface area contributed by atoms with Crippen LogP contribution in [0.2, 0.25) is 5.02 Å². The van der Waals surface area contributed by atoms with Crippen molar-refractivity contribution in [1.82, 2.24) is 10.6 Å². The van der Waals surface area contributed by atoms with Crippen molar-refractivity contribution in [2.75, 3.05) is 38.7 Å². The molecule has 6 heteroatoms. The first kappa shape index (κ1) is 19.4. The summed E-state index contributed by atoms with van der Waals surface area (Å²) in [6.07, 6.45) is 1.16. The van der Waals surface area contributed by atoms with Gasteiger partial charge in [-0.1, -0.05) is 35.9 Å². The lowest BCUT2D eigenvalue weighted by Gasteiger charge is -2.20. The fourth-order valence-corrected chi connectivity index (χ4v) is 3.53. The molecule has 144 valence electrons. The lowest BCUT2D eigenvalue weighted by atomic mass is 10.1. The number of hydrogen-bond donors (Lipinski definition) is 2. The zero-order chi connectivity index (χ0) is 19.1. The predicted octanol–water partition coefficient (Wildman–Crippen LogP) is 3.54. The summed E-state index contributed by atoms with van der Waals surface area (Å²) in [6, 6.07) is 16.1. The number of nitrogens with one attached hydrogen (secondary N) is 2. The van der Waals surface area contributed by atoms with E-state index in [-0.39, 0.29) is 0 Å². The number of anilines is 1. The molecule has 0 bridgehead atoms. The molecular formula is C21H27ClN4O. The van der Waals surface area contributed by atoms with Gasteiger partial charge in [0.15, 0.2) is 5.96 Å². The van der Waals surface area contributed by atoms with Crippen LogP contribution in [0.4, 0.5) is 5.69 Å². The first-order chi connectivity index (χ1) is 13.2. The molecule has 1 aliphatic rings. The Balaban J connectivity index is 1.47. The number of benzene rings is 2. The molecule has 2 aromatic rings. The van der Waals surface area contributed by atoms with Crippen molar-refractivity contribution in [3.05, 3.63) is 59.1 Å². The number of aliphatic imine (C=N–C) groups is 1. The van der Waals surface area contributed by atoms with Crippen molar-refractivity contribution in [3.63, 3.8) is 0 Å². The molecule has 0 spiro atoms. The molecular weight excluding hydrogens is 360 g/mol. The van der Waals surface area contributed by atoms with Crippen LogP contribution in [0.5, 0.6) is 5.75 Å². The summed E-state index contributed by atoms with van der Waals surface area (Å²) in [6.45, 7) is 3.63. The summed E-state index contributed by atoms with van der Waals surface area (Å²) < 4.78 is 5.33. The fraction of sp³-hybridized carbons (Fsp3) is 0.381. The third-order valence-corrected chi connectivity index (χ3v) is 5.26. The zero-order valence-electron chi connectivity index (χ0n) is 15.9. The van der Waals surface area contributed by atoms with Crippen LogP contribution in [0.25, 0.3) is 0 Å². The molecule has 3 rings (SSSR count). The van der Waals surface area contributed by atoms with Crippen LogP contribution in [0.1, 0.15) is 12.0 Å². The Hall–Kier alpha value is -2.40. The average Bonchev–Trinajstić information content (AvgIpc) is 3.18. The SMILES string of the molecule is CN=C(NCc1ccccc1Cl)NCC1CCN(c2cccc(OC)c2)C1. The molecule has 0 aromatic heterocycles. The van der Waals surface area contributed by atoms with Crippen LogP contribution in [0.15, 0.2) is 53.5 Å². The lowest BCUT2D eigenvalue weighted by Crippen LogP contribution is -2.40. The minimum Gasteiger partial charge on any atom is -0.497 e. The summed E-state index contributed by atoms with van der Waals surface area (Å²) in [4.78, 5) is 6.73. The van der Waals surface area contributed by atoms with Gasteiger partial charge in [-0.3, -0.25) is 4.99 Å². The molecule has 2 aromatic carbocycles. The van der Waals surface area contributed by atoms with Gasteiger partial charge in [-0.05, 0) is 36.1 Å². The van der Waals surface area contributed by atoms with Crippen molar-refractivity contribution in [3.8, 4) is 5.75 Å². The van der Waals surface area contributed by atoms with E-state index < -0.39 is 0 Å². The third kappa shape index (κ3) is 5.30. The molecule has 0 amide bonds. The van der Waals surface area contributed by atoms with Gasteiger partial charge in [-0.25, -0.2) is 0 Å². The highest BCUT2D eigenvalue weighted by Crippen LogP contribution is 2.26. The van der Waals surface area contributed by atoms with Crippen LogP contribution in [0.3, 0.4) is 0 Å². The second-order valence-corrected chi connectivity index (χ2v) is 7.11. The number of hydrogen-bond acceptors (Lipinski definition) is 3. The molecule has 0 radical (unpaired) electrons. The van der Waals surface area contributed by atoms with Gasteiger partial charge in [0, 0.05) is 50.0 Å². The van der Waals surface area contributed by atoms with Gasteiger partial charge in [-0.15, -0.1) is 0 Å². The van der Waals surface area contributed by atoms with E-state index >= 15 is 0 Å². The van der Waals surface area contributed by atoms with Crippen LogP contribution < -0.4 is 20.3 Å². The first-order valence-electron chi connectivity index (χ1n) is 9.26. The molecule has 27 heavy (non-hydrogen) atoms. The van der Waals surface area contributed by atoms with E-state index in [0.717, 1.165) is 48.4 Å². The van der Waals surface area contributed by atoms with E-state index in [1.807, 2.05) is 36.4 Å². The quantitative estimate of drug-likeness (QED) is 0.589. The topological polar surface area (TPSA) is 48.9 Å². The van der Waals surface area contributed by atoms with Gasteiger partial charge >= 0.3 is 0 Å². The highest BCUT2D eigenvalue weighted by Gasteiger charge is 2.23. The molecule has 1 saturated heterocycles. The number of ether oxygens (including phenoxy) is 1. The van der Waals surface area contributed by atoms with Crippen LogP contribution >= 0.6 is 11.6 Å². The Labute approximate surface area is 166 Å². The maximum Gasteiger partial charge on any atom is 0.191 e. The van der Waals surface area contributed by atoms with E-state index in [0.29, 0.717) is 12.5 Å². The van der Waals surface area contributed by atoms with Gasteiger partial charge in [-0.2, -0.15) is 0 Å². The van der Waals surface area contributed by atoms with Gasteiger partial charge < -0.3 is 20.3 Å². The van der Waals surface area contributed by atoms with Crippen LogP contribution in [-0.4, -0.2) is 39.8 Å². The van der Waals surface area contributed by atoms with Crippen molar-refractivity contribution >= 4 is 23.2 Å². The van der Waals surface area contributed by atoms with E-state index in [4.69, 9.17) is 16.3 Å². The number of rotatable bonds is 6. The fourth-order valence-electron chi connectivity index (χ4n) is 3.32. The Morgan fingerprint density at radius 1 is 1.22 bits per heavy atom. The summed E-state index contributed by atoms with van der Waals surface area (Å²) in [7, 11) is 3.50. The largest absolute Gasteiger partial charge is 0.497 e. The predicted molar refractivity (Wildman–Crippen MR) is 113 cm³/mol. The number of halogens is 1. The van der Waals surface area contributed by atoms with Gasteiger partial charge in [0.1, 0.15) is 5.75 Å². The Bertz CT molecular complexity index is 780. The zero-order valence-corrected chi connectivity index (χ0v) is 16.7. The summed E-state index contributed by atoms with van der Waals surface area (Å²) in [5.41, 5.74) is 2.28. The van der Waals surface area contributed by atoms with Gasteiger partial charge in [0.05, 0.1) is 7.11 Å². The monoisotopic (exact) mass is 386 g/mol. The Morgan fingerprint density at radius 2 is 2.07 bits per heavy atom. The van der Waals surface area contributed by atoms with Crippen LogP contribution in [-0.2, 0) is 6.54 Å². The number of guanidine groups is 1. The molecule has 1 aliphatic heterocycles. The summed E-state index contributed by atoms with van der Waals surface area (Å²) in [5.74, 6) is 2.28. The van der Waals surface area contributed by atoms with E-state index in [1.165, 1.54) is 5.69 Å². The highest BCUT2D eigenvalue weighted by atomic mass is 35.5. The molecule has 5 nitrogen and oxygen atoms in total. The molecule has 1 fully saturated rings. The van der Waals surface area contributed by atoms with E-state index in [9.17, 15) is 0 Å². The second-order valence-electron chi connectivity index (χ2n) is 6.70. The average molecular weight is 387 g/mol. The van der Waals surface area contributed by atoms with Gasteiger partial charge in [0.2, 0.25) is 0 Å². The first-order valence-corrected chi connectivity index (χ1v) is 9.64. The molecule has 2 N–H and O–H groups in total. The molecule has 1 heterocycles. The number of nitrogens with zero attached hydrogens (tertiary/aromatic N) is 2. The van der Waals surface area contributed by atoms with E-state index in [1.54, 1.807) is 14.2 Å². The summed E-state index contributed by atoms with van der Waals surface area (Å²) >= 11 is 6.21. The molecule has 1 atom stereocenters. The maximum atomic E-state index is 6.21. The van der Waals surface area contributed by atoms with Crippen molar-refractivity contribution < 1.29 is 4.74 Å². The lowest BCUT2D eigenvalue weighted by molar-refractivity contribution is 0.415. The minimum absolute atomic E-state index is 0.579. The smallest absolute Gasteiger partial charge is 0.191 e. The van der Waals surface area contributed by atoms with Gasteiger partial charge in [0.25, 0.3) is 0 Å². The van der Waals surface area contributed by atoms with Crippen molar-refractivity contribution in [2.24, 2.45) is 10.9 Å². The highest BCUT2D eigenvalue weighted by molar-refractivity contribution is 6.31. The summed E-state index contributed by atoms with van der Waals surface area (Å²) in [5, 5.41) is 7.54. The van der Waals surface area contributed by atoms with Crippen molar-refractivity contribution in [1.29, 1.82) is 0 Å². The third-order valence-electron chi connectivity index (χ3n) is 4.89. The maximum absolute atomic E-state index is 6.21. The van der Waals surface area contributed by atoms with E-state index in [2.05, 4.69) is 32.7 Å². The standard InChI is InChI=1S/C21H27ClN4O/c1-23-21(25-14-17-6-3-4-9-20(17)22)24-13-16-10-11-26(15-16)18-7-5-8-19(12-18)27-2/h3-9,12,16H,10-11,13-15H2,1-2H3,(H2,23,24,25). The van der Waals surface area contributed by atoms with Crippen LogP contribution in [0, 0.1) is 5.92 Å². The normalized spacial score (nSPS) is 17.1. The molecule has 0 saturated carbocycles. The molecule has 1 unspecified atom stereocenters. The Kier molecular flexibility index (Phi) is 6.82.